The second kappa shape index (κ2) is 6.55. The van der Waals surface area contributed by atoms with Gasteiger partial charge in [-0.05, 0) is 45.6 Å². The quantitative estimate of drug-likeness (QED) is 0.885. The minimum Gasteiger partial charge on any atom is -0.396 e. The van der Waals surface area contributed by atoms with Gasteiger partial charge in [0.2, 0.25) is 0 Å². The van der Waals surface area contributed by atoms with Crippen molar-refractivity contribution in [3.8, 4) is 0 Å². The van der Waals surface area contributed by atoms with Gasteiger partial charge < -0.3 is 15.3 Å². The molecule has 0 bridgehead atoms. The van der Waals surface area contributed by atoms with Crippen LogP contribution in [0.25, 0.3) is 0 Å². The van der Waals surface area contributed by atoms with Crippen LogP contribution in [0.3, 0.4) is 0 Å². The van der Waals surface area contributed by atoms with Crippen LogP contribution in [0.5, 0.6) is 0 Å². The third-order valence-corrected chi connectivity index (χ3v) is 3.75. The summed E-state index contributed by atoms with van der Waals surface area (Å²) in [6.07, 6.45) is 4.11. The monoisotopic (exact) mass is 277 g/mol. The summed E-state index contributed by atoms with van der Waals surface area (Å²) in [6, 6.07) is 4.14. The van der Waals surface area contributed by atoms with Crippen molar-refractivity contribution in [2.75, 3.05) is 24.6 Å². The van der Waals surface area contributed by atoms with Gasteiger partial charge in [0, 0.05) is 43.5 Å². The molecule has 0 saturated carbocycles. The lowest BCUT2D eigenvalue weighted by Gasteiger charge is -2.34. The number of hydrogen-bond acceptors (Lipinski definition) is 4. The molecule has 20 heavy (non-hydrogen) atoms. The zero-order valence-corrected chi connectivity index (χ0v) is 12.9. The predicted molar refractivity (Wildman–Crippen MR) is 82.9 cm³/mol. The summed E-state index contributed by atoms with van der Waals surface area (Å²) in [5.74, 6) is 1.46. The fourth-order valence-electron chi connectivity index (χ4n) is 2.62. The summed E-state index contributed by atoms with van der Waals surface area (Å²) in [7, 11) is 0. The maximum absolute atomic E-state index is 9.38. The number of rotatable bonds is 4. The molecule has 1 atom stereocenters. The van der Waals surface area contributed by atoms with Gasteiger partial charge in [0.1, 0.15) is 5.82 Å². The number of nitrogens with one attached hydrogen (secondary N) is 1. The van der Waals surface area contributed by atoms with Crippen molar-refractivity contribution in [1.29, 1.82) is 0 Å². The van der Waals surface area contributed by atoms with Gasteiger partial charge >= 0.3 is 0 Å². The van der Waals surface area contributed by atoms with E-state index in [2.05, 4.69) is 42.0 Å². The number of pyridine rings is 1. The van der Waals surface area contributed by atoms with Crippen LogP contribution in [0.1, 0.15) is 39.2 Å². The molecule has 1 aliphatic heterocycles. The third-order valence-electron chi connectivity index (χ3n) is 3.75. The number of aliphatic hydroxyl groups is 1. The zero-order chi connectivity index (χ0) is 14.6. The first kappa shape index (κ1) is 15.3. The lowest BCUT2D eigenvalue weighted by molar-refractivity contribution is 0.208. The van der Waals surface area contributed by atoms with Crippen LogP contribution < -0.4 is 10.2 Å². The molecule has 0 aromatic carbocycles. The Hall–Kier alpha value is -1.13. The highest BCUT2D eigenvalue weighted by Gasteiger charge is 2.22. The molecular formula is C16H27N3O. The molecule has 0 aliphatic carbocycles. The number of piperidine rings is 1. The summed E-state index contributed by atoms with van der Waals surface area (Å²) in [4.78, 5) is 6.90. The van der Waals surface area contributed by atoms with Crippen molar-refractivity contribution in [3.63, 3.8) is 0 Å². The molecule has 2 rings (SSSR count). The molecule has 1 fully saturated rings. The second-order valence-corrected chi connectivity index (χ2v) is 6.73. The van der Waals surface area contributed by atoms with E-state index in [9.17, 15) is 5.11 Å². The van der Waals surface area contributed by atoms with Gasteiger partial charge in [-0.15, -0.1) is 0 Å². The van der Waals surface area contributed by atoms with Crippen LogP contribution >= 0.6 is 0 Å². The van der Waals surface area contributed by atoms with E-state index in [-0.39, 0.29) is 12.1 Å². The van der Waals surface area contributed by atoms with Crippen molar-refractivity contribution in [2.45, 2.75) is 45.7 Å². The summed E-state index contributed by atoms with van der Waals surface area (Å²) >= 11 is 0. The normalized spacial score (nSPS) is 20.2. The lowest BCUT2D eigenvalue weighted by Crippen LogP contribution is -2.39. The Balaban J connectivity index is 2.10. The SMILES string of the molecule is CC(C)(C)NCc1cccnc1N1CCCC(CO)C1. The highest BCUT2D eigenvalue weighted by molar-refractivity contribution is 5.47. The Labute approximate surface area is 122 Å². The minimum absolute atomic E-state index is 0.0998. The molecule has 0 radical (unpaired) electrons. The Kier molecular flexibility index (Phi) is 5.00. The zero-order valence-electron chi connectivity index (χ0n) is 12.9. The molecule has 4 nitrogen and oxygen atoms in total. The van der Waals surface area contributed by atoms with Gasteiger partial charge in [0.25, 0.3) is 0 Å². The molecule has 112 valence electrons. The number of aliphatic hydroxyl groups excluding tert-OH is 1. The summed E-state index contributed by atoms with van der Waals surface area (Å²) < 4.78 is 0. The molecule has 1 unspecified atom stereocenters. The molecule has 1 aliphatic rings. The van der Waals surface area contributed by atoms with Crippen molar-refractivity contribution < 1.29 is 5.11 Å². The van der Waals surface area contributed by atoms with Crippen molar-refractivity contribution in [3.05, 3.63) is 23.9 Å². The van der Waals surface area contributed by atoms with Gasteiger partial charge in [0.15, 0.2) is 0 Å². The summed E-state index contributed by atoms with van der Waals surface area (Å²) in [6.45, 7) is 9.57. The van der Waals surface area contributed by atoms with Crippen LogP contribution in [0.2, 0.25) is 0 Å². The Morgan fingerprint density at radius 1 is 1.45 bits per heavy atom. The maximum atomic E-state index is 9.38. The topological polar surface area (TPSA) is 48.4 Å². The van der Waals surface area contributed by atoms with Crippen LogP contribution in [0.15, 0.2) is 18.3 Å². The fourth-order valence-corrected chi connectivity index (χ4v) is 2.62. The highest BCUT2D eigenvalue weighted by Crippen LogP contribution is 2.24. The molecule has 4 heteroatoms. The molecule has 2 heterocycles. The fraction of sp³-hybridized carbons (Fsp3) is 0.688. The number of hydrogen-bond donors (Lipinski definition) is 2. The lowest BCUT2D eigenvalue weighted by atomic mass is 9.98. The highest BCUT2D eigenvalue weighted by atomic mass is 16.3. The van der Waals surface area contributed by atoms with Crippen molar-refractivity contribution >= 4 is 5.82 Å². The van der Waals surface area contributed by atoms with E-state index < -0.39 is 0 Å². The van der Waals surface area contributed by atoms with Crippen molar-refractivity contribution in [2.24, 2.45) is 5.92 Å². The summed E-state index contributed by atoms with van der Waals surface area (Å²) in [5, 5.41) is 12.9. The molecule has 1 aromatic rings. The molecule has 1 aromatic heterocycles. The minimum atomic E-state index is 0.0998. The van der Waals surface area contributed by atoms with Gasteiger partial charge in [-0.2, -0.15) is 0 Å². The molecule has 2 N–H and O–H groups in total. The standard InChI is InChI=1S/C16H27N3O/c1-16(2,3)18-10-14-7-4-8-17-15(14)19-9-5-6-13(11-19)12-20/h4,7-8,13,18,20H,5-6,9-12H2,1-3H3. The molecule has 0 amide bonds. The van der Waals surface area contributed by atoms with E-state index in [1.54, 1.807) is 0 Å². The van der Waals surface area contributed by atoms with E-state index in [4.69, 9.17) is 0 Å². The number of aromatic nitrogens is 1. The Bertz CT molecular complexity index is 428. The predicted octanol–water partition coefficient (Wildman–Crippen LogP) is 2.18. The van der Waals surface area contributed by atoms with Gasteiger partial charge in [-0.1, -0.05) is 6.07 Å². The van der Waals surface area contributed by atoms with E-state index in [0.717, 1.165) is 38.3 Å². The van der Waals surface area contributed by atoms with Crippen LogP contribution in [-0.4, -0.2) is 35.3 Å². The smallest absolute Gasteiger partial charge is 0.133 e. The van der Waals surface area contributed by atoms with Crippen molar-refractivity contribution in [1.82, 2.24) is 10.3 Å². The van der Waals surface area contributed by atoms with E-state index in [1.807, 2.05) is 12.3 Å². The summed E-state index contributed by atoms with van der Waals surface area (Å²) in [5.41, 5.74) is 1.34. The average Bonchev–Trinajstić information content (AvgIpc) is 2.45. The van der Waals surface area contributed by atoms with Gasteiger partial charge in [-0.25, -0.2) is 4.98 Å². The second-order valence-electron chi connectivity index (χ2n) is 6.73. The number of nitrogens with zero attached hydrogens (tertiary/aromatic N) is 2. The molecule has 1 saturated heterocycles. The van der Waals surface area contributed by atoms with Crippen LogP contribution in [0.4, 0.5) is 5.82 Å². The number of anilines is 1. The molecular weight excluding hydrogens is 250 g/mol. The maximum Gasteiger partial charge on any atom is 0.133 e. The Morgan fingerprint density at radius 2 is 2.25 bits per heavy atom. The van der Waals surface area contributed by atoms with Crippen LogP contribution in [0, 0.1) is 5.92 Å². The van der Waals surface area contributed by atoms with Crippen LogP contribution in [-0.2, 0) is 6.54 Å². The van der Waals surface area contributed by atoms with Gasteiger partial charge in [-0.3, -0.25) is 0 Å². The van der Waals surface area contributed by atoms with Gasteiger partial charge in [0.05, 0.1) is 0 Å². The first-order valence-corrected chi connectivity index (χ1v) is 7.54. The van der Waals surface area contributed by atoms with E-state index >= 15 is 0 Å². The first-order chi connectivity index (χ1) is 9.49. The molecule has 0 spiro atoms. The first-order valence-electron chi connectivity index (χ1n) is 7.54. The Morgan fingerprint density at radius 3 is 2.95 bits per heavy atom. The average molecular weight is 277 g/mol. The van der Waals surface area contributed by atoms with E-state index in [1.165, 1.54) is 5.56 Å². The third kappa shape index (κ3) is 4.18. The largest absolute Gasteiger partial charge is 0.396 e. The van der Waals surface area contributed by atoms with E-state index in [0.29, 0.717) is 5.92 Å².